The van der Waals surface area contributed by atoms with Crippen molar-refractivity contribution in [2.45, 2.75) is 93.8 Å². The van der Waals surface area contributed by atoms with Crippen LogP contribution in [-0.2, 0) is 41.6 Å². The molecule has 4 fully saturated rings. The predicted octanol–water partition coefficient (Wildman–Crippen LogP) is 0.595. The Kier molecular flexibility index (Phi) is 10.0. The van der Waals surface area contributed by atoms with Crippen molar-refractivity contribution in [2.75, 3.05) is 20.1 Å². The number of aromatic amines is 1. The average molecular weight is 762 g/mol. The van der Waals surface area contributed by atoms with Crippen molar-refractivity contribution in [3.8, 4) is 0 Å². The normalized spacial score (nSPS) is 30.9. The molecule has 16 nitrogen and oxygen atoms in total. The van der Waals surface area contributed by atoms with Crippen molar-refractivity contribution < 1.29 is 54.2 Å². The number of carbonyl (C=O) groups excluding carboxylic acids is 3. The Hall–Kier alpha value is -4.87. The summed E-state index contributed by atoms with van der Waals surface area (Å²) in [6.45, 7) is 4.68. The minimum absolute atomic E-state index is 0.164. The Bertz CT molecular complexity index is 1990. The third-order valence-corrected chi connectivity index (χ3v) is 12.1. The van der Waals surface area contributed by atoms with Gasteiger partial charge >= 0.3 is 11.9 Å². The van der Waals surface area contributed by atoms with Crippen LogP contribution >= 0.6 is 0 Å². The van der Waals surface area contributed by atoms with E-state index in [9.17, 15) is 29.1 Å². The molecule has 9 atom stereocenters. The lowest BCUT2D eigenvalue weighted by Gasteiger charge is -2.48. The molecule has 16 heteroatoms. The van der Waals surface area contributed by atoms with Crippen LogP contribution in [0.4, 0.5) is 0 Å². The zero-order valence-electron chi connectivity index (χ0n) is 30.8. The zero-order valence-corrected chi connectivity index (χ0v) is 30.8. The molecule has 0 spiro atoms. The fraction of sp³-hybridized carbons (Fsp3) is 0.513. The van der Waals surface area contributed by atoms with Crippen molar-refractivity contribution in [2.24, 2.45) is 11.8 Å². The number of carboxylic acid groups (broad SMARTS) is 2. The summed E-state index contributed by atoms with van der Waals surface area (Å²) in [5.41, 5.74) is 2.75. The predicted molar refractivity (Wildman–Crippen MR) is 194 cm³/mol. The fourth-order valence-corrected chi connectivity index (χ4v) is 9.26. The van der Waals surface area contributed by atoms with Gasteiger partial charge < -0.3 is 45.6 Å². The standard InChI is InChI=1S/C35H41N5O5.C4H6O6/c1-20(2)34(37-31(41)23-16-25-24-11-7-12-26-30(24)22(18-36-26)17-27(25)38(3)19-23)33(43)40-28(15-21-9-5-4-6-10-21)32(42)39-14-8-13-29(39)35(40,44)45-34;5-1(3(7)8)2(6)4(9)10/h4-7,9-12,18,20,23,25,27-29,36,44H,8,13-17,19H2,1-3H3,(H,37,41);1-2,5-6H,(H,7,8)(H,9,10)/t23-,25?,27-,28+,29+,34-,35+;/m1./s1. The van der Waals surface area contributed by atoms with Gasteiger partial charge in [0.05, 0.1) is 5.92 Å². The summed E-state index contributed by atoms with van der Waals surface area (Å²) in [6, 6.07) is 14.5. The number of hydrogen-bond donors (Lipinski definition) is 7. The Morgan fingerprint density at radius 3 is 2.36 bits per heavy atom. The Morgan fingerprint density at radius 1 is 1.02 bits per heavy atom. The van der Waals surface area contributed by atoms with E-state index in [0.29, 0.717) is 32.4 Å². The minimum Gasteiger partial charge on any atom is -0.479 e. The van der Waals surface area contributed by atoms with Gasteiger partial charge in [-0.3, -0.25) is 24.0 Å². The van der Waals surface area contributed by atoms with Crippen LogP contribution in [-0.4, -0.2) is 137 Å². The molecule has 3 aromatic rings. The van der Waals surface area contributed by atoms with Crippen LogP contribution in [0.5, 0.6) is 0 Å². The molecule has 5 heterocycles. The van der Waals surface area contributed by atoms with E-state index in [1.54, 1.807) is 4.90 Å². The van der Waals surface area contributed by atoms with E-state index in [0.717, 1.165) is 17.5 Å². The fourth-order valence-electron chi connectivity index (χ4n) is 9.26. The first-order valence-corrected chi connectivity index (χ1v) is 18.6. The highest BCUT2D eigenvalue weighted by Crippen LogP contribution is 2.49. The molecule has 1 aliphatic carbocycles. The number of fused-ring (bicyclic) bond motifs is 5. The van der Waals surface area contributed by atoms with Crippen LogP contribution in [0.2, 0.25) is 0 Å². The monoisotopic (exact) mass is 761 g/mol. The first-order valence-electron chi connectivity index (χ1n) is 18.6. The summed E-state index contributed by atoms with van der Waals surface area (Å²) < 4.78 is 6.51. The number of aliphatic hydroxyl groups excluding tert-OH is 2. The molecule has 0 saturated carbocycles. The first-order chi connectivity index (χ1) is 26.1. The maximum atomic E-state index is 14.6. The number of carboxylic acids is 2. The molecule has 294 valence electrons. The lowest BCUT2D eigenvalue weighted by molar-refractivity contribution is -0.321. The number of likely N-dealkylation sites (tertiary alicyclic amines) is 1. The van der Waals surface area contributed by atoms with Gasteiger partial charge in [-0.05, 0) is 55.5 Å². The number of hydrogen-bond acceptors (Lipinski definition) is 10. The number of H-pyrrole nitrogens is 1. The van der Waals surface area contributed by atoms with Gasteiger partial charge in [0.2, 0.25) is 17.5 Å². The number of rotatable bonds is 8. The second kappa shape index (κ2) is 14.3. The van der Waals surface area contributed by atoms with Gasteiger partial charge in [0.15, 0.2) is 12.2 Å². The van der Waals surface area contributed by atoms with Crippen LogP contribution < -0.4 is 5.32 Å². The van der Waals surface area contributed by atoms with Crippen molar-refractivity contribution in [3.05, 3.63) is 71.4 Å². The highest BCUT2D eigenvalue weighted by Gasteiger charge is 2.72. The Morgan fingerprint density at radius 2 is 1.71 bits per heavy atom. The molecule has 5 aliphatic rings. The molecule has 7 N–H and O–H groups in total. The Balaban J connectivity index is 0.000000412. The SMILES string of the molecule is CC(C)[C@@]1(NC(=O)[C@@H]2CC3c4cccc5[nH]cc(c45)C[C@H]3N(C)C2)O[C@@]2(O)[C@@H]3CCCN3C(=O)[C@H](Cc3ccccc3)N2C1=O.O=C(O)C(O)C(O)C(=O)O. The second-order valence-corrected chi connectivity index (χ2v) is 15.6. The molecule has 4 aliphatic heterocycles. The summed E-state index contributed by atoms with van der Waals surface area (Å²) >= 11 is 0. The lowest BCUT2D eigenvalue weighted by atomic mass is 9.72. The smallest absolute Gasteiger partial charge is 0.335 e. The van der Waals surface area contributed by atoms with E-state index in [-0.39, 0.29) is 30.2 Å². The van der Waals surface area contributed by atoms with Crippen molar-refractivity contribution in [1.82, 2.24) is 25.0 Å². The number of amides is 3. The molecule has 2 aromatic carbocycles. The summed E-state index contributed by atoms with van der Waals surface area (Å²) in [5.74, 6) is -7.34. The summed E-state index contributed by atoms with van der Waals surface area (Å²) in [5, 5.41) is 49.1. The number of piperidine rings is 1. The number of aromatic nitrogens is 1. The van der Waals surface area contributed by atoms with Gasteiger partial charge in [-0.15, -0.1) is 0 Å². The Labute approximate surface area is 316 Å². The van der Waals surface area contributed by atoms with E-state index in [1.165, 1.54) is 21.4 Å². The lowest BCUT2D eigenvalue weighted by Crippen LogP contribution is -2.71. The van der Waals surface area contributed by atoms with Gasteiger partial charge in [-0.2, -0.15) is 0 Å². The van der Waals surface area contributed by atoms with Crippen LogP contribution in [0.25, 0.3) is 10.9 Å². The van der Waals surface area contributed by atoms with Crippen LogP contribution in [0.3, 0.4) is 0 Å². The van der Waals surface area contributed by atoms with Crippen molar-refractivity contribution in [1.29, 1.82) is 0 Å². The van der Waals surface area contributed by atoms with Gasteiger partial charge in [0, 0.05) is 54.5 Å². The topological polar surface area (TPSA) is 233 Å². The number of nitrogens with one attached hydrogen (secondary N) is 2. The molecule has 55 heavy (non-hydrogen) atoms. The van der Waals surface area contributed by atoms with E-state index < -0.39 is 65.6 Å². The number of aliphatic hydroxyl groups is 3. The molecule has 3 amide bonds. The number of nitrogens with zero attached hydrogens (tertiary/aromatic N) is 3. The number of aliphatic carboxylic acids is 2. The molecule has 8 rings (SSSR count). The highest BCUT2D eigenvalue weighted by molar-refractivity contribution is 5.98. The van der Waals surface area contributed by atoms with E-state index in [2.05, 4.69) is 46.6 Å². The first kappa shape index (κ1) is 38.4. The summed E-state index contributed by atoms with van der Waals surface area (Å²) in [6.07, 6.45) is 0.590. The maximum absolute atomic E-state index is 14.6. The van der Waals surface area contributed by atoms with Gasteiger partial charge in [-0.1, -0.05) is 56.3 Å². The minimum atomic E-state index is -2.27. The zero-order chi connectivity index (χ0) is 39.6. The largest absolute Gasteiger partial charge is 0.479 e. The van der Waals surface area contributed by atoms with Crippen molar-refractivity contribution in [3.63, 3.8) is 0 Å². The van der Waals surface area contributed by atoms with E-state index >= 15 is 0 Å². The van der Waals surface area contributed by atoms with E-state index in [4.69, 9.17) is 25.2 Å². The number of benzene rings is 2. The molecule has 3 unspecified atom stereocenters. The second-order valence-electron chi connectivity index (χ2n) is 15.6. The van der Waals surface area contributed by atoms with Crippen LogP contribution in [0.1, 0.15) is 55.7 Å². The van der Waals surface area contributed by atoms with Crippen molar-refractivity contribution >= 4 is 40.6 Å². The number of piperazine rings is 1. The third-order valence-electron chi connectivity index (χ3n) is 12.1. The van der Waals surface area contributed by atoms with Crippen LogP contribution in [0, 0.1) is 11.8 Å². The molecular formula is C39H47N5O11. The van der Waals surface area contributed by atoms with E-state index in [1.807, 2.05) is 44.2 Å². The van der Waals surface area contributed by atoms with Gasteiger partial charge in [0.1, 0.15) is 12.1 Å². The molecule has 4 saturated heterocycles. The summed E-state index contributed by atoms with van der Waals surface area (Å²) in [4.78, 5) is 70.9. The maximum Gasteiger partial charge on any atom is 0.335 e. The number of ether oxygens (including phenoxy) is 1. The van der Waals surface area contributed by atoms with Gasteiger partial charge in [0.25, 0.3) is 11.8 Å². The highest BCUT2D eigenvalue weighted by atomic mass is 16.7. The quantitative estimate of drug-likeness (QED) is 0.167. The molecule has 1 aromatic heterocycles. The molecule has 0 bridgehead atoms. The third kappa shape index (κ3) is 6.35. The number of likely N-dealkylation sites (N-methyl/N-ethyl adjacent to an activating group) is 1. The number of carbonyl (C=O) groups is 5. The van der Waals surface area contributed by atoms with Crippen LogP contribution in [0.15, 0.2) is 54.7 Å². The molecule has 0 radical (unpaired) electrons. The molecular weight excluding hydrogens is 714 g/mol. The summed E-state index contributed by atoms with van der Waals surface area (Å²) in [7, 11) is 2.07. The van der Waals surface area contributed by atoms with Gasteiger partial charge in [-0.25, -0.2) is 9.59 Å². The average Bonchev–Trinajstić information content (AvgIpc) is 3.88.